The van der Waals surface area contributed by atoms with Crippen molar-refractivity contribution in [2.24, 2.45) is 11.8 Å². The Labute approximate surface area is 85.1 Å². The number of hydrogen-bond acceptors (Lipinski definition) is 3. The number of ketones is 1. The first-order valence-corrected chi connectivity index (χ1v) is 5.29. The summed E-state index contributed by atoms with van der Waals surface area (Å²) in [6, 6.07) is 2.07. The molecule has 0 aliphatic carbocycles. The van der Waals surface area contributed by atoms with Crippen LogP contribution in [0.3, 0.4) is 0 Å². The van der Waals surface area contributed by atoms with Crippen molar-refractivity contribution in [3.05, 3.63) is 0 Å². The smallest absolute Gasteiger partial charge is 0.155 e. The van der Waals surface area contributed by atoms with Crippen molar-refractivity contribution in [1.82, 2.24) is 0 Å². The number of carbonyl (C=O) groups excluding carboxylic acids is 1. The van der Waals surface area contributed by atoms with Crippen molar-refractivity contribution in [2.75, 3.05) is 6.61 Å². The molecule has 1 fully saturated rings. The van der Waals surface area contributed by atoms with Gasteiger partial charge in [-0.1, -0.05) is 13.8 Å². The van der Waals surface area contributed by atoms with Gasteiger partial charge in [0, 0.05) is 12.5 Å². The van der Waals surface area contributed by atoms with Crippen molar-refractivity contribution in [1.29, 1.82) is 5.26 Å². The second-order valence-corrected chi connectivity index (χ2v) is 3.70. The quantitative estimate of drug-likeness (QED) is 0.688. The monoisotopic (exact) mass is 195 g/mol. The Hall–Kier alpha value is -0.880. The molecular formula is C11H17NO2. The van der Waals surface area contributed by atoms with E-state index in [4.69, 9.17) is 10.00 Å². The fourth-order valence-corrected chi connectivity index (χ4v) is 1.99. The van der Waals surface area contributed by atoms with Crippen LogP contribution in [0, 0.1) is 23.2 Å². The number of nitriles is 1. The molecule has 1 heterocycles. The van der Waals surface area contributed by atoms with Gasteiger partial charge in [0.2, 0.25) is 0 Å². The lowest BCUT2D eigenvalue weighted by Crippen LogP contribution is -2.28. The van der Waals surface area contributed by atoms with E-state index in [9.17, 15) is 4.79 Å². The van der Waals surface area contributed by atoms with Gasteiger partial charge in [-0.05, 0) is 19.3 Å². The molecule has 0 aromatic carbocycles. The SMILES string of the molecule is CCC(C#N)C(=O)C1CCOC1CC. The maximum absolute atomic E-state index is 11.9. The molecule has 0 bridgehead atoms. The van der Waals surface area contributed by atoms with E-state index < -0.39 is 5.92 Å². The Kier molecular flexibility index (Phi) is 4.09. The van der Waals surface area contributed by atoms with Gasteiger partial charge in [0.25, 0.3) is 0 Å². The molecule has 0 aromatic heterocycles. The minimum atomic E-state index is -0.434. The normalized spacial score (nSPS) is 28.4. The van der Waals surface area contributed by atoms with Gasteiger partial charge in [-0.2, -0.15) is 5.26 Å². The molecule has 3 atom stereocenters. The van der Waals surface area contributed by atoms with Crippen LogP contribution in [0.4, 0.5) is 0 Å². The molecule has 0 spiro atoms. The molecule has 3 unspecified atom stereocenters. The van der Waals surface area contributed by atoms with Crippen molar-refractivity contribution in [3.63, 3.8) is 0 Å². The predicted molar refractivity (Wildman–Crippen MR) is 52.5 cm³/mol. The predicted octanol–water partition coefficient (Wildman–Crippen LogP) is 1.92. The Bertz CT molecular complexity index is 244. The van der Waals surface area contributed by atoms with Crippen molar-refractivity contribution < 1.29 is 9.53 Å². The fraction of sp³-hybridized carbons (Fsp3) is 0.818. The topological polar surface area (TPSA) is 50.1 Å². The zero-order valence-electron chi connectivity index (χ0n) is 8.82. The fourth-order valence-electron chi connectivity index (χ4n) is 1.99. The third-order valence-electron chi connectivity index (χ3n) is 2.88. The summed E-state index contributed by atoms with van der Waals surface area (Å²) in [5, 5.41) is 8.80. The van der Waals surface area contributed by atoms with Gasteiger partial charge < -0.3 is 4.74 Å². The van der Waals surface area contributed by atoms with Crippen LogP contribution in [0.25, 0.3) is 0 Å². The molecule has 78 valence electrons. The maximum atomic E-state index is 11.9. The van der Waals surface area contributed by atoms with Gasteiger partial charge in [-0.15, -0.1) is 0 Å². The highest BCUT2D eigenvalue weighted by Crippen LogP contribution is 2.27. The third kappa shape index (κ3) is 2.13. The van der Waals surface area contributed by atoms with Crippen LogP contribution in [0.2, 0.25) is 0 Å². The van der Waals surface area contributed by atoms with Gasteiger partial charge in [-0.3, -0.25) is 4.79 Å². The zero-order chi connectivity index (χ0) is 10.6. The molecular weight excluding hydrogens is 178 g/mol. The minimum absolute atomic E-state index is 0.0374. The van der Waals surface area contributed by atoms with Crippen LogP contribution < -0.4 is 0 Å². The van der Waals surface area contributed by atoms with Crippen molar-refractivity contribution >= 4 is 5.78 Å². The van der Waals surface area contributed by atoms with E-state index in [0.717, 1.165) is 12.8 Å². The molecule has 1 aliphatic heterocycles. The summed E-state index contributed by atoms with van der Waals surface area (Å²) < 4.78 is 5.44. The van der Waals surface area contributed by atoms with E-state index >= 15 is 0 Å². The van der Waals surface area contributed by atoms with Crippen molar-refractivity contribution in [3.8, 4) is 6.07 Å². The van der Waals surface area contributed by atoms with Crippen LogP contribution in [-0.2, 0) is 9.53 Å². The molecule has 1 aliphatic rings. The lowest BCUT2D eigenvalue weighted by atomic mass is 9.86. The Morgan fingerprint density at radius 3 is 2.86 bits per heavy atom. The molecule has 14 heavy (non-hydrogen) atoms. The first kappa shape index (κ1) is 11.2. The molecule has 0 amide bonds. The lowest BCUT2D eigenvalue weighted by molar-refractivity contribution is -0.127. The highest BCUT2D eigenvalue weighted by Gasteiger charge is 2.35. The molecule has 1 rings (SSSR count). The standard InChI is InChI=1S/C11H17NO2/c1-3-8(7-12)11(13)9-5-6-14-10(9)4-2/h8-10H,3-6H2,1-2H3. The highest BCUT2D eigenvalue weighted by molar-refractivity contribution is 5.86. The average molecular weight is 195 g/mol. The summed E-state index contributed by atoms with van der Waals surface area (Å²) in [6.45, 7) is 4.56. The van der Waals surface area contributed by atoms with E-state index in [1.807, 2.05) is 13.8 Å². The first-order valence-electron chi connectivity index (χ1n) is 5.29. The zero-order valence-corrected chi connectivity index (χ0v) is 8.82. The summed E-state index contributed by atoms with van der Waals surface area (Å²) in [4.78, 5) is 11.9. The number of Topliss-reactive ketones (excluding diaryl/α,β-unsaturated/α-hetero) is 1. The van der Waals surface area contributed by atoms with E-state index in [-0.39, 0.29) is 17.8 Å². The van der Waals surface area contributed by atoms with Crippen LogP contribution in [-0.4, -0.2) is 18.5 Å². The summed E-state index contributed by atoms with van der Waals surface area (Å²) >= 11 is 0. The molecule has 0 radical (unpaired) electrons. The molecule has 3 nitrogen and oxygen atoms in total. The third-order valence-corrected chi connectivity index (χ3v) is 2.88. The van der Waals surface area contributed by atoms with Crippen molar-refractivity contribution in [2.45, 2.75) is 39.2 Å². The van der Waals surface area contributed by atoms with Gasteiger partial charge in [-0.25, -0.2) is 0 Å². The van der Waals surface area contributed by atoms with E-state index in [1.54, 1.807) is 0 Å². The molecule has 1 saturated heterocycles. The maximum Gasteiger partial charge on any atom is 0.155 e. The van der Waals surface area contributed by atoms with Crippen LogP contribution >= 0.6 is 0 Å². The molecule has 3 heteroatoms. The summed E-state index contributed by atoms with van der Waals surface area (Å²) in [5.41, 5.74) is 0. The van der Waals surface area contributed by atoms with Gasteiger partial charge in [0.1, 0.15) is 5.92 Å². The number of ether oxygens (including phenoxy) is 1. The molecule has 0 N–H and O–H groups in total. The van der Waals surface area contributed by atoms with Gasteiger partial charge in [0.05, 0.1) is 12.2 Å². The number of rotatable bonds is 4. The second kappa shape index (κ2) is 5.11. The van der Waals surface area contributed by atoms with Crippen LogP contribution in [0.1, 0.15) is 33.1 Å². The minimum Gasteiger partial charge on any atom is -0.377 e. The number of hydrogen-bond donors (Lipinski definition) is 0. The average Bonchev–Trinajstić information content (AvgIpc) is 2.67. The lowest BCUT2D eigenvalue weighted by Gasteiger charge is -2.17. The Morgan fingerprint density at radius 1 is 1.64 bits per heavy atom. The highest BCUT2D eigenvalue weighted by atomic mass is 16.5. The first-order chi connectivity index (χ1) is 6.74. The summed E-state index contributed by atoms with van der Waals surface area (Å²) in [7, 11) is 0. The van der Waals surface area contributed by atoms with Crippen LogP contribution in [0.15, 0.2) is 0 Å². The summed E-state index contributed by atoms with van der Waals surface area (Å²) in [6.07, 6.45) is 2.31. The second-order valence-electron chi connectivity index (χ2n) is 3.70. The number of nitrogens with zero attached hydrogens (tertiary/aromatic N) is 1. The Balaban J connectivity index is 2.64. The van der Waals surface area contributed by atoms with Crippen LogP contribution in [0.5, 0.6) is 0 Å². The van der Waals surface area contributed by atoms with E-state index in [0.29, 0.717) is 13.0 Å². The van der Waals surface area contributed by atoms with Gasteiger partial charge in [0.15, 0.2) is 5.78 Å². The number of carbonyl (C=O) groups is 1. The summed E-state index contributed by atoms with van der Waals surface area (Å²) in [5.74, 6) is -0.389. The largest absolute Gasteiger partial charge is 0.377 e. The van der Waals surface area contributed by atoms with Gasteiger partial charge >= 0.3 is 0 Å². The molecule has 0 aromatic rings. The Morgan fingerprint density at radius 2 is 2.36 bits per heavy atom. The molecule has 0 saturated carbocycles. The van der Waals surface area contributed by atoms with E-state index in [1.165, 1.54) is 0 Å². The van der Waals surface area contributed by atoms with E-state index in [2.05, 4.69) is 6.07 Å².